The first-order chi connectivity index (χ1) is 12.0. The number of nitrogens with zero attached hydrogens (tertiary/aromatic N) is 2. The molecule has 134 valence electrons. The molecule has 2 saturated carbocycles. The molecule has 2 fully saturated rings. The monoisotopic (exact) mass is 406 g/mol. The molecule has 4 rings (SSSR count). The van der Waals surface area contributed by atoms with E-state index >= 15 is 0 Å². The normalized spacial score (nSPS) is 26.8. The highest BCUT2D eigenvalue weighted by molar-refractivity contribution is 9.10. The second-order valence-corrected chi connectivity index (χ2v) is 8.47. The largest absolute Gasteiger partial charge is 0.382 e. The number of rotatable bonds is 4. The average Bonchev–Trinajstić information content (AvgIpc) is 3.38. The lowest BCUT2D eigenvalue weighted by molar-refractivity contribution is -0.0171. The standard InChI is InChI=1S/C20H24BrFN2O/c1-13-18(21)23-19(24(13)12-14-2-3-14)20(25)10-8-16(9-11-20)15-4-6-17(22)7-5-15/h4-7,14,16,25H,2-3,8-12H2,1H3. The zero-order valence-electron chi connectivity index (χ0n) is 14.5. The molecule has 0 radical (unpaired) electrons. The van der Waals surface area contributed by atoms with Crippen molar-refractivity contribution in [3.05, 3.63) is 51.8 Å². The highest BCUT2D eigenvalue weighted by atomic mass is 79.9. The van der Waals surface area contributed by atoms with Crippen LogP contribution in [0.3, 0.4) is 0 Å². The molecule has 1 aromatic heterocycles. The number of hydrogen-bond donors (Lipinski definition) is 1. The van der Waals surface area contributed by atoms with Gasteiger partial charge >= 0.3 is 0 Å². The molecule has 0 aliphatic heterocycles. The third kappa shape index (κ3) is 3.41. The molecule has 0 saturated heterocycles. The van der Waals surface area contributed by atoms with Crippen LogP contribution in [-0.4, -0.2) is 14.7 Å². The minimum Gasteiger partial charge on any atom is -0.382 e. The predicted molar refractivity (Wildman–Crippen MR) is 98.9 cm³/mol. The van der Waals surface area contributed by atoms with Crippen molar-refractivity contribution in [3.8, 4) is 0 Å². The highest BCUT2D eigenvalue weighted by Crippen LogP contribution is 2.44. The first-order valence-corrected chi connectivity index (χ1v) is 9.96. The van der Waals surface area contributed by atoms with Gasteiger partial charge in [-0.25, -0.2) is 9.37 Å². The summed E-state index contributed by atoms with van der Waals surface area (Å²) >= 11 is 3.54. The summed E-state index contributed by atoms with van der Waals surface area (Å²) in [4.78, 5) is 4.68. The number of imidazole rings is 1. The van der Waals surface area contributed by atoms with E-state index in [9.17, 15) is 9.50 Å². The van der Waals surface area contributed by atoms with E-state index in [1.807, 2.05) is 12.1 Å². The van der Waals surface area contributed by atoms with Crippen molar-refractivity contribution in [1.29, 1.82) is 0 Å². The quantitative estimate of drug-likeness (QED) is 0.771. The average molecular weight is 407 g/mol. The fourth-order valence-corrected chi connectivity index (χ4v) is 4.41. The van der Waals surface area contributed by atoms with Crippen molar-refractivity contribution in [3.63, 3.8) is 0 Å². The van der Waals surface area contributed by atoms with E-state index in [-0.39, 0.29) is 5.82 Å². The molecule has 1 heterocycles. The Morgan fingerprint density at radius 2 is 1.84 bits per heavy atom. The predicted octanol–water partition coefficient (Wildman–Crippen LogP) is 5.05. The topological polar surface area (TPSA) is 38.1 Å². The van der Waals surface area contributed by atoms with Gasteiger partial charge in [0.05, 0.1) is 0 Å². The van der Waals surface area contributed by atoms with Crippen LogP contribution in [0.15, 0.2) is 28.9 Å². The lowest BCUT2D eigenvalue weighted by Crippen LogP contribution is -2.34. The van der Waals surface area contributed by atoms with Gasteiger partial charge in [0, 0.05) is 12.2 Å². The van der Waals surface area contributed by atoms with Gasteiger partial charge in [0.2, 0.25) is 0 Å². The lowest BCUT2D eigenvalue weighted by atomic mass is 9.75. The Kier molecular flexibility index (Phi) is 4.49. The molecule has 0 spiro atoms. The van der Waals surface area contributed by atoms with Crippen LogP contribution in [0, 0.1) is 18.7 Å². The highest BCUT2D eigenvalue weighted by Gasteiger charge is 2.40. The van der Waals surface area contributed by atoms with Crippen LogP contribution in [0.25, 0.3) is 0 Å². The summed E-state index contributed by atoms with van der Waals surface area (Å²) in [5, 5.41) is 11.3. The Morgan fingerprint density at radius 3 is 2.44 bits per heavy atom. The maximum Gasteiger partial charge on any atom is 0.142 e. The van der Waals surface area contributed by atoms with Gasteiger partial charge in [-0.05, 0) is 90.9 Å². The molecule has 1 aromatic carbocycles. The number of benzene rings is 1. The molecule has 2 aliphatic carbocycles. The number of aromatic nitrogens is 2. The van der Waals surface area contributed by atoms with Crippen molar-refractivity contribution in [1.82, 2.24) is 9.55 Å². The van der Waals surface area contributed by atoms with Gasteiger partial charge in [-0.3, -0.25) is 0 Å². The fourth-order valence-electron chi connectivity index (χ4n) is 4.03. The summed E-state index contributed by atoms with van der Waals surface area (Å²) in [5.74, 6) is 1.75. The van der Waals surface area contributed by atoms with Crippen LogP contribution in [0.4, 0.5) is 4.39 Å². The van der Waals surface area contributed by atoms with E-state index < -0.39 is 5.60 Å². The number of hydrogen-bond acceptors (Lipinski definition) is 2. The summed E-state index contributed by atoms with van der Waals surface area (Å²) in [6.45, 7) is 3.03. The van der Waals surface area contributed by atoms with E-state index in [0.29, 0.717) is 18.8 Å². The van der Waals surface area contributed by atoms with Gasteiger partial charge < -0.3 is 9.67 Å². The van der Waals surface area contributed by atoms with E-state index in [4.69, 9.17) is 0 Å². The van der Waals surface area contributed by atoms with Crippen LogP contribution in [0.2, 0.25) is 0 Å². The maximum atomic E-state index is 13.1. The fraction of sp³-hybridized carbons (Fsp3) is 0.550. The SMILES string of the molecule is Cc1c(Br)nc(C2(O)CCC(c3ccc(F)cc3)CC2)n1CC1CC1. The van der Waals surface area contributed by atoms with Crippen molar-refractivity contribution >= 4 is 15.9 Å². The van der Waals surface area contributed by atoms with Gasteiger partial charge in [-0.1, -0.05) is 12.1 Å². The summed E-state index contributed by atoms with van der Waals surface area (Å²) in [5.41, 5.74) is 1.42. The molecule has 0 bridgehead atoms. The zero-order valence-corrected chi connectivity index (χ0v) is 16.1. The smallest absolute Gasteiger partial charge is 0.142 e. The molecule has 0 unspecified atom stereocenters. The Morgan fingerprint density at radius 1 is 1.20 bits per heavy atom. The molecular formula is C20H24BrFN2O. The van der Waals surface area contributed by atoms with Crippen LogP contribution in [-0.2, 0) is 12.1 Å². The zero-order chi connectivity index (χ0) is 17.6. The second-order valence-electron chi connectivity index (χ2n) is 7.72. The van der Waals surface area contributed by atoms with E-state index in [1.165, 1.54) is 30.5 Å². The molecule has 25 heavy (non-hydrogen) atoms. The molecule has 5 heteroatoms. The van der Waals surface area contributed by atoms with E-state index in [2.05, 4.69) is 32.4 Å². The van der Waals surface area contributed by atoms with Crippen molar-refractivity contribution in [2.45, 2.75) is 63.5 Å². The number of aliphatic hydroxyl groups is 1. The van der Waals surface area contributed by atoms with Crippen LogP contribution in [0.1, 0.15) is 61.5 Å². The van der Waals surface area contributed by atoms with Crippen LogP contribution < -0.4 is 0 Å². The van der Waals surface area contributed by atoms with Gasteiger partial charge in [0.25, 0.3) is 0 Å². The minimum absolute atomic E-state index is 0.196. The molecule has 0 amide bonds. The molecular weight excluding hydrogens is 383 g/mol. The van der Waals surface area contributed by atoms with Crippen LogP contribution >= 0.6 is 15.9 Å². The summed E-state index contributed by atoms with van der Waals surface area (Å²) < 4.78 is 16.2. The third-order valence-electron chi connectivity index (χ3n) is 5.87. The Bertz CT molecular complexity index is 759. The van der Waals surface area contributed by atoms with Crippen molar-refractivity contribution in [2.24, 2.45) is 5.92 Å². The van der Waals surface area contributed by atoms with Crippen molar-refractivity contribution in [2.75, 3.05) is 0 Å². The Labute approximate surface area is 156 Å². The summed E-state index contributed by atoms with van der Waals surface area (Å²) in [7, 11) is 0. The van der Waals surface area contributed by atoms with E-state index in [1.54, 1.807) is 0 Å². The first kappa shape index (κ1) is 17.2. The molecule has 3 nitrogen and oxygen atoms in total. The van der Waals surface area contributed by atoms with Crippen molar-refractivity contribution < 1.29 is 9.50 Å². The maximum absolute atomic E-state index is 13.1. The first-order valence-electron chi connectivity index (χ1n) is 9.17. The Balaban J connectivity index is 1.54. The minimum atomic E-state index is -0.859. The van der Waals surface area contributed by atoms with Gasteiger partial charge in [0.15, 0.2) is 0 Å². The summed E-state index contributed by atoms with van der Waals surface area (Å²) in [6, 6.07) is 6.80. The molecule has 1 N–H and O–H groups in total. The van der Waals surface area contributed by atoms with E-state index in [0.717, 1.165) is 41.4 Å². The molecule has 2 aliphatic rings. The van der Waals surface area contributed by atoms with Gasteiger partial charge in [-0.2, -0.15) is 0 Å². The molecule has 0 atom stereocenters. The number of halogens is 2. The molecule has 2 aromatic rings. The Hall–Kier alpha value is -1.20. The third-order valence-corrected chi connectivity index (χ3v) is 6.62. The van der Waals surface area contributed by atoms with Gasteiger partial charge in [-0.15, -0.1) is 0 Å². The second kappa shape index (κ2) is 6.51. The summed E-state index contributed by atoms with van der Waals surface area (Å²) in [6.07, 6.45) is 5.74. The van der Waals surface area contributed by atoms with Crippen LogP contribution in [0.5, 0.6) is 0 Å². The lowest BCUT2D eigenvalue weighted by Gasteiger charge is -2.36. The van der Waals surface area contributed by atoms with Gasteiger partial charge in [0.1, 0.15) is 21.8 Å².